The number of aliphatic hydroxyl groups excluding tert-OH is 3. The Morgan fingerprint density at radius 1 is 0.727 bits per heavy atom. The molecule has 0 aromatic heterocycles. The van der Waals surface area contributed by atoms with Gasteiger partial charge in [-0.25, -0.2) is 0 Å². The Morgan fingerprint density at radius 3 is 1.70 bits per heavy atom. The van der Waals surface area contributed by atoms with Gasteiger partial charge in [-0.15, -0.1) is 0 Å². The molecule has 13 heteroatoms. The summed E-state index contributed by atoms with van der Waals surface area (Å²) in [5.74, 6) is -10.1. The molecule has 0 radical (unpaired) electrons. The van der Waals surface area contributed by atoms with E-state index in [0.29, 0.717) is 12.0 Å². The summed E-state index contributed by atoms with van der Waals surface area (Å²) in [6.45, 7) is 1.66. The van der Waals surface area contributed by atoms with Crippen molar-refractivity contribution in [2.75, 3.05) is 25.6 Å². The van der Waals surface area contributed by atoms with Crippen LogP contribution in [-0.4, -0.2) is 91.8 Å². The number of likely N-dealkylation sites (N-methyl/N-ethyl adjacent to an activating group) is 1. The number of nitrogens with two attached hydrogens (primary N) is 1. The normalized spacial score (nSPS) is 23.0. The van der Waals surface area contributed by atoms with E-state index in [2.05, 4.69) is 96.3 Å². The number of fused-ring (bicyclic) bond motifs is 3. The second kappa shape index (κ2) is 20.5. The molecule has 66 heavy (non-hydrogen) atoms. The van der Waals surface area contributed by atoms with Gasteiger partial charge < -0.3 is 36.6 Å². The minimum absolute atomic E-state index is 0.0238. The van der Waals surface area contributed by atoms with Gasteiger partial charge in [0.1, 0.15) is 17.1 Å². The topological polar surface area (TPSA) is 211 Å². The van der Waals surface area contributed by atoms with E-state index in [4.69, 9.17) is 5.73 Å². The fourth-order valence-electron chi connectivity index (χ4n) is 11.1. The van der Waals surface area contributed by atoms with Crippen LogP contribution in [0.1, 0.15) is 99.4 Å². The maximum atomic E-state index is 14.2. The number of unbranched alkanes of at least 4 members (excludes halogenated alkanes) is 9. The van der Waals surface area contributed by atoms with Crippen LogP contribution in [0, 0.1) is 11.8 Å². The van der Waals surface area contributed by atoms with Crippen LogP contribution in [0.2, 0.25) is 0 Å². The summed E-state index contributed by atoms with van der Waals surface area (Å²) in [6.07, 6.45) is 10.3. The molecular formula is C53H64N3O9P. The number of nitrogens with one attached hydrogen (secondary N) is 1. The van der Waals surface area contributed by atoms with E-state index in [1.807, 2.05) is 0 Å². The number of ketones is 2. The Kier molecular flexibility index (Phi) is 15.0. The maximum absolute atomic E-state index is 14.2. The summed E-state index contributed by atoms with van der Waals surface area (Å²) in [5, 5.41) is 64.9. The molecule has 2 amide bonds. The summed E-state index contributed by atoms with van der Waals surface area (Å²) in [5.41, 5.74) is 0.989. The molecule has 4 aromatic carbocycles. The van der Waals surface area contributed by atoms with E-state index >= 15 is 0 Å². The molecule has 0 saturated carbocycles. The number of anilines is 1. The zero-order valence-corrected chi connectivity index (χ0v) is 39.1. The second-order valence-corrected chi connectivity index (χ2v) is 22.6. The van der Waals surface area contributed by atoms with Crippen molar-refractivity contribution in [3.05, 3.63) is 137 Å². The van der Waals surface area contributed by atoms with E-state index < -0.39 is 88.7 Å². The van der Waals surface area contributed by atoms with Gasteiger partial charge in [0.05, 0.1) is 29.3 Å². The molecule has 12 nitrogen and oxygen atoms in total. The SMILES string of the molecule is C[C@H]1c2ccc(NC(=O)CCCCCCCCCCCC[PH](c3ccccc3)(c3ccccc3)c3ccccc3)c(O)c2C(=O)C2=C(O)[C@]3(O)C(=O)C(C(N)=O)=C(O)[C@@H](N(C)C)[C@@H]3[C@@H](O)[C@@H]21. The van der Waals surface area contributed by atoms with Crippen molar-refractivity contribution in [3.8, 4) is 5.75 Å². The van der Waals surface area contributed by atoms with Crippen LogP contribution in [0.25, 0.3) is 0 Å². The number of aliphatic hydroxyl groups is 4. The number of hydrogen-bond acceptors (Lipinski definition) is 10. The summed E-state index contributed by atoms with van der Waals surface area (Å²) in [6, 6.07) is 34.9. The van der Waals surface area contributed by atoms with Crippen molar-refractivity contribution >= 4 is 52.2 Å². The first-order valence-corrected chi connectivity index (χ1v) is 25.5. The van der Waals surface area contributed by atoms with Gasteiger partial charge in [-0.2, -0.15) is 0 Å². The first kappa shape index (κ1) is 48.3. The van der Waals surface area contributed by atoms with Crippen molar-refractivity contribution in [1.29, 1.82) is 0 Å². The third-order valence-electron chi connectivity index (χ3n) is 14.4. The van der Waals surface area contributed by atoms with Crippen LogP contribution < -0.4 is 27.0 Å². The molecule has 0 spiro atoms. The van der Waals surface area contributed by atoms with Gasteiger partial charge in [-0.3, -0.25) is 24.1 Å². The predicted octanol–water partition coefficient (Wildman–Crippen LogP) is 6.61. The van der Waals surface area contributed by atoms with Gasteiger partial charge in [0.2, 0.25) is 11.7 Å². The monoisotopic (exact) mass is 917 g/mol. The zero-order valence-electron chi connectivity index (χ0n) is 38.1. The van der Waals surface area contributed by atoms with Crippen molar-refractivity contribution in [1.82, 2.24) is 4.90 Å². The standard InChI is InChI=1S/C53H64N3O9P/c1-33-37-30-31-38(46(58)41(37)47(59)42-40(33)48(60)44-45(56(2)3)49(61)43(52(54)64)51(63)53(44,65)50(42)62)55-39(57)29-21-10-8-6-4-5-7-9-11-22-32-66(34-23-15-12-16-24-34,35-25-17-13-18-26-35)36-27-19-14-20-28-36/h12-20,23-28,30-31,33,40,44-45,48,58,60-62,65-66H,4-11,21-22,29,32H2,1-3H3,(H2,54,64)(H,55,57)/t33-,40+,44+,45-,48-,53-/m0/s1. The van der Waals surface area contributed by atoms with Gasteiger partial charge in [-0.1, -0.05) is 13.0 Å². The van der Waals surface area contributed by atoms with Gasteiger partial charge in [0.25, 0.3) is 5.91 Å². The summed E-state index contributed by atoms with van der Waals surface area (Å²) >= 11 is 0. The Hall–Kier alpha value is -5.65. The third-order valence-corrected chi connectivity index (χ3v) is 19.5. The maximum Gasteiger partial charge on any atom is 0.255 e. The number of phenols is 1. The number of phenolic OH excluding ortho intramolecular Hbond substituents is 1. The quantitative estimate of drug-likeness (QED) is 0.0232. The van der Waals surface area contributed by atoms with E-state index in [0.717, 1.165) is 31.8 Å². The summed E-state index contributed by atoms with van der Waals surface area (Å²) in [7, 11) is 0.768. The Balaban J connectivity index is 0.891. The molecule has 3 aliphatic rings. The van der Waals surface area contributed by atoms with E-state index in [1.54, 1.807) is 13.0 Å². The molecule has 0 unspecified atom stereocenters. The molecule has 350 valence electrons. The van der Waals surface area contributed by atoms with Gasteiger partial charge in [0.15, 0.2) is 17.1 Å². The largest absolute Gasteiger partial charge is 0.510 e. The minimum Gasteiger partial charge on any atom is -0.510 e. The van der Waals surface area contributed by atoms with Crippen LogP contribution in [0.5, 0.6) is 5.75 Å². The van der Waals surface area contributed by atoms with Crippen molar-refractivity contribution in [2.24, 2.45) is 17.6 Å². The minimum atomic E-state index is -3.00. The van der Waals surface area contributed by atoms with Gasteiger partial charge in [-0.05, 0) is 31.6 Å². The summed E-state index contributed by atoms with van der Waals surface area (Å²) < 4.78 is 0. The average Bonchev–Trinajstić information content (AvgIpc) is 3.30. The molecule has 7 rings (SSSR count). The molecule has 0 bridgehead atoms. The molecule has 6 atom stereocenters. The van der Waals surface area contributed by atoms with E-state index in [-0.39, 0.29) is 23.6 Å². The van der Waals surface area contributed by atoms with Crippen LogP contribution in [0.4, 0.5) is 5.69 Å². The second-order valence-electron chi connectivity index (χ2n) is 18.6. The third kappa shape index (κ3) is 8.84. The summed E-state index contributed by atoms with van der Waals surface area (Å²) in [4.78, 5) is 54.6. The molecule has 0 fully saturated rings. The number of hydrogen-bond donors (Lipinski definition) is 7. The predicted molar refractivity (Wildman–Crippen MR) is 261 cm³/mol. The number of nitrogens with zero attached hydrogens (tertiary/aromatic N) is 1. The smallest absolute Gasteiger partial charge is 0.255 e. The molecule has 0 heterocycles. The molecule has 0 aliphatic heterocycles. The van der Waals surface area contributed by atoms with Crippen LogP contribution in [0.3, 0.4) is 0 Å². The first-order chi connectivity index (χ1) is 31.7. The number of primary amides is 1. The van der Waals surface area contributed by atoms with Gasteiger partial charge in [0, 0.05) is 11.5 Å². The van der Waals surface area contributed by atoms with E-state index in [9.17, 15) is 44.7 Å². The molecular weight excluding hydrogens is 854 g/mol. The number of benzene rings is 4. The van der Waals surface area contributed by atoms with Crippen LogP contribution >= 0.6 is 7.26 Å². The molecule has 3 aliphatic carbocycles. The number of Topliss-reactive ketones (excluding diaryl/α,β-unsaturated/α-hetero) is 2. The number of carbonyl (C=O) groups is 4. The van der Waals surface area contributed by atoms with Crippen molar-refractivity contribution in [3.63, 3.8) is 0 Å². The Morgan fingerprint density at radius 2 is 1.21 bits per heavy atom. The number of rotatable bonds is 19. The molecule has 8 N–H and O–H groups in total. The van der Waals surface area contributed by atoms with Crippen LogP contribution in [0.15, 0.2) is 126 Å². The van der Waals surface area contributed by atoms with Crippen molar-refractivity contribution in [2.45, 2.75) is 101 Å². The number of amides is 2. The van der Waals surface area contributed by atoms with Crippen LogP contribution in [-0.2, 0) is 14.4 Å². The zero-order chi connectivity index (χ0) is 47.3. The first-order valence-electron chi connectivity index (χ1n) is 23.3. The fourth-order valence-corrected chi connectivity index (χ4v) is 16.1. The average molecular weight is 918 g/mol. The molecule has 4 aromatic rings. The number of carbonyl (C=O) groups excluding carboxylic acids is 4. The van der Waals surface area contributed by atoms with E-state index in [1.165, 1.54) is 73.1 Å². The van der Waals surface area contributed by atoms with Crippen molar-refractivity contribution < 1.29 is 44.7 Å². The number of aromatic hydroxyl groups is 1. The molecule has 0 saturated heterocycles. The Labute approximate surface area is 387 Å². The Bertz CT molecular complexity index is 2400. The van der Waals surface area contributed by atoms with Gasteiger partial charge >= 0.3 is 191 Å². The fraction of sp³-hybridized carbons (Fsp3) is 0.396.